The molecule has 0 radical (unpaired) electrons. The lowest BCUT2D eigenvalue weighted by molar-refractivity contribution is 0.475. The van der Waals surface area contributed by atoms with Crippen LogP contribution < -0.4 is 10.6 Å². The molecule has 0 aliphatic carbocycles. The quantitative estimate of drug-likeness (QED) is 0.682. The number of unbranched alkanes of at least 4 members (excludes halogenated alkanes) is 3. The van der Waals surface area contributed by atoms with Crippen molar-refractivity contribution in [1.29, 1.82) is 0 Å². The smallest absolute Gasteiger partial charge is 0.117 e. The lowest BCUT2D eigenvalue weighted by Crippen LogP contribution is -2.23. The van der Waals surface area contributed by atoms with Crippen molar-refractivity contribution >= 4 is 5.69 Å². The average Bonchev–Trinajstić information content (AvgIpc) is 2.34. The summed E-state index contributed by atoms with van der Waals surface area (Å²) in [4.78, 5) is 2.29. The van der Waals surface area contributed by atoms with E-state index in [4.69, 9.17) is 5.73 Å². The molecule has 0 atom stereocenters. The standard InChI is InChI=1S/C14H24N2O/c1-2-16(11-6-4-3-5-10-15)13-8-7-9-14(17)12-13/h7-9,12,17H,2-6,10-11,15H2,1H3. The van der Waals surface area contributed by atoms with Gasteiger partial charge in [0.15, 0.2) is 0 Å². The first-order valence-electron chi connectivity index (χ1n) is 6.52. The van der Waals surface area contributed by atoms with Gasteiger partial charge in [-0.25, -0.2) is 0 Å². The number of benzene rings is 1. The number of nitrogens with zero attached hydrogens (tertiary/aromatic N) is 1. The maximum Gasteiger partial charge on any atom is 0.117 e. The topological polar surface area (TPSA) is 49.5 Å². The van der Waals surface area contributed by atoms with Crippen molar-refractivity contribution in [2.24, 2.45) is 5.73 Å². The third-order valence-electron chi connectivity index (χ3n) is 2.96. The molecule has 0 saturated heterocycles. The zero-order valence-electron chi connectivity index (χ0n) is 10.7. The highest BCUT2D eigenvalue weighted by atomic mass is 16.3. The van der Waals surface area contributed by atoms with E-state index in [1.54, 1.807) is 6.07 Å². The maximum atomic E-state index is 9.46. The zero-order valence-corrected chi connectivity index (χ0v) is 10.7. The molecule has 3 N–H and O–H groups in total. The molecule has 0 saturated carbocycles. The Morgan fingerprint density at radius 1 is 1.18 bits per heavy atom. The second kappa shape index (κ2) is 7.96. The molecule has 3 nitrogen and oxygen atoms in total. The number of hydrogen-bond donors (Lipinski definition) is 2. The fourth-order valence-corrected chi connectivity index (χ4v) is 1.96. The Kier molecular flexibility index (Phi) is 6.48. The molecule has 0 unspecified atom stereocenters. The third-order valence-corrected chi connectivity index (χ3v) is 2.96. The van der Waals surface area contributed by atoms with Crippen LogP contribution >= 0.6 is 0 Å². The van der Waals surface area contributed by atoms with E-state index in [1.807, 2.05) is 18.2 Å². The largest absolute Gasteiger partial charge is 0.508 e. The van der Waals surface area contributed by atoms with Crippen molar-refractivity contribution in [2.45, 2.75) is 32.6 Å². The van der Waals surface area contributed by atoms with E-state index in [0.29, 0.717) is 5.75 Å². The van der Waals surface area contributed by atoms with E-state index in [2.05, 4.69) is 11.8 Å². The highest BCUT2D eigenvalue weighted by Gasteiger charge is 2.04. The fourth-order valence-electron chi connectivity index (χ4n) is 1.96. The minimum absolute atomic E-state index is 0.337. The van der Waals surface area contributed by atoms with Gasteiger partial charge in [-0.2, -0.15) is 0 Å². The Hall–Kier alpha value is -1.22. The maximum absolute atomic E-state index is 9.46. The summed E-state index contributed by atoms with van der Waals surface area (Å²) in [5.41, 5.74) is 6.57. The summed E-state index contributed by atoms with van der Waals surface area (Å²) in [5, 5.41) is 9.46. The number of phenols is 1. The van der Waals surface area contributed by atoms with Gasteiger partial charge in [0.05, 0.1) is 0 Å². The predicted molar refractivity (Wildman–Crippen MR) is 73.5 cm³/mol. The van der Waals surface area contributed by atoms with Crippen LogP contribution in [0.3, 0.4) is 0 Å². The molecule has 0 bridgehead atoms. The van der Waals surface area contributed by atoms with Gasteiger partial charge in [0.2, 0.25) is 0 Å². The van der Waals surface area contributed by atoms with E-state index < -0.39 is 0 Å². The SMILES string of the molecule is CCN(CCCCCCN)c1cccc(O)c1. The van der Waals surface area contributed by atoms with E-state index in [9.17, 15) is 5.11 Å². The molecular weight excluding hydrogens is 212 g/mol. The Morgan fingerprint density at radius 3 is 2.59 bits per heavy atom. The van der Waals surface area contributed by atoms with Crippen LogP contribution in [0.2, 0.25) is 0 Å². The normalized spacial score (nSPS) is 10.5. The van der Waals surface area contributed by atoms with Gasteiger partial charge in [0, 0.05) is 24.8 Å². The number of aromatic hydroxyl groups is 1. The lowest BCUT2D eigenvalue weighted by atomic mass is 10.2. The number of hydrogen-bond acceptors (Lipinski definition) is 3. The Bertz CT molecular complexity index is 315. The molecule has 0 aliphatic heterocycles. The molecule has 0 fully saturated rings. The van der Waals surface area contributed by atoms with Crippen LogP contribution in [0, 0.1) is 0 Å². The summed E-state index contributed by atoms with van der Waals surface area (Å²) in [7, 11) is 0. The van der Waals surface area contributed by atoms with Crippen molar-refractivity contribution < 1.29 is 5.11 Å². The molecule has 96 valence electrons. The van der Waals surface area contributed by atoms with E-state index in [0.717, 1.165) is 31.7 Å². The summed E-state index contributed by atoms with van der Waals surface area (Å²) in [6.45, 7) is 4.96. The van der Waals surface area contributed by atoms with Crippen molar-refractivity contribution in [1.82, 2.24) is 0 Å². The Balaban J connectivity index is 2.38. The highest BCUT2D eigenvalue weighted by Crippen LogP contribution is 2.20. The first-order chi connectivity index (χ1) is 8.27. The Morgan fingerprint density at radius 2 is 1.94 bits per heavy atom. The van der Waals surface area contributed by atoms with Crippen LogP contribution in [0.1, 0.15) is 32.6 Å². The number of anilines is 1. The summed E-state index contributed by atoms with van der Waals surface area (Å²) >= 11 is 0. The lowest BCUT2D eigenvalue weighted by Gasteiger charge is -2.23. The van der Waals surface area contributed by atoms with Crippen LogP contribution in [0.5, 0.6) is 5.75 Å². The predicted octanol–water partition coefficient (Wildman–Crippen LogP) is 2.74. The molecule has 1 aromatic rings. The fraction of sp³-hybridized carbons (Fsp3) is 0.571. The number of phenolic OH excluding ortho intramolecular Hbond substituents is 1. The molecule has 0 heterocycles. The van der Waals surface area contributed by atoms with Crippen LogP contribution in [-0.2, 0) is 0 Å². The Labute approximate surface area is 104 Å². The van der Waals surface area contributed by atoms with Gasteiger partial charge >= 0.3 is 0 Å². The van der Waals surface area contributed by atoms with Crippen LogP contribution in [0.15, 0.2) is 24.3 Å². The van der Waals surface area contributed by atoms with E-state index >= 15 is 0 Å². The number of nitrogens with two attached hydrogens (primary N) is 1. The van der Waals surface area contributed by atoms with E-state index in [-0.39, 0.29) is 0 Å². The highest BCUT2D eigenvalue weighted by molar-refractivity contribution is 5.50. The first-order valence-corrected chi connectivity index (χ1v) is 6.52. The van der Waals surface area contributed by atoms with Gasteiger partial charge in [-0.15, -0.1) is 0 Å². The van der Waals surface area contributed by atoms with Crippen LogP contribution in [-0.4, -0.2) is 24.7 Å². The molecule has 0 aliphatic rings. The second-order valence-corrected chi connectivity index (χ2v) is 4.30. The van der Waals surface area contributed by atoms with Crippen LogP contribution in [0.25, 0.3) is 0 Å². The van der Waals surface area contributed by atoms with E-state index in [1.165, 1.54) is 19.3 Å². The number of rotatable bonds is 8. The molecule has 0 spiro atoms. The molecule has 3 heteroatoms. The molecular formula is C14H24N2O. The van der Waals surface area contributed by atoms with Gasteiger partial charge in [-0.1, -0.05) is 18.9 Å². The summed E-state index contributed by atoms with van der Waals surface area (Å²) in [6, 6.07) is 7.47. The van der Waals surface area contributed by atoms with Crippen molar-refractivity contribution in [2.75, 3.05) is 24.5 Å². The summed E-state index contributed by atoms with van der Waals surface area (Å²) in [6.07, 6.45) is 4.75. The van der Waals surface area contributed by atoms with Crippen LogP contribution in [0.4, 0.5) is 5.69 Å². The third kappa shape index (κ3) is 5.09. The molecule has 1 rings (SSSR count). The summed E-state index contributed by atoms with van der Waals surface area (Å²) in [5.74, 6) is 0.337. The van der Waals surface area contributed by atoms with Gasteiger partial charge in [-0.3, -0.25) is 0 Å². The van der Waals surface area contributed by atoms with Crippen molar-refractivity contribution in [3.63, 3.8) is 0 Å². The molecule has 0 amide bonds. The van der Waals surface area contributed by atoms with Crippen molar-refractivity contribution in [3.8, 4) is 5.75 Å². The van der Waals surface area contributed by atoms with Gasteiger partial charge in [0.25, 0.3) is 0 Å². The second-order valence-electron chi connectivity index (χ2n) is 4.30. The van der Waals surface area contributed by atoms with Crippen molar-refractivity contribution in [3.05, 3.63) is 24.3 Å². The van der Waals surface area contributed by atoms with Gasteiger partial charge < -0.3 is 15.7 Å². The summed E-state index contributed by atoms with van der Waals surface area (Å²) < 4.78 is 0. The minimum Gasteiger partial charge on any atom is -0.508 e. The average molecular weight is 236 g/mol. The molecule has 0 aromatic heterocycles. The monoisotopic (exact) mass is 236 g/mol. The molecule has 1 aromatic carbocycles. The van der Waals surface area contributed by atoms with Gasteiger partial charge in [-0.05, 0) is 38.4 Å². The zero-order chi connectivity index (χ0) is 12.5. The first kappa shape index (κ1) is 13.8. The molecule has 17 heavy (non-hydrogen) atoms. The van der Waals surface area contributed by atoms with Gasteiger partial charge in [0.1, 0.15) is 5.75 Å². The minimum atomic E-state index is 0.337.